The lowest BCUT2D eigenvalue weighted by atomic mass is 10.1. The van der Waals surface area contributed by atoms with Gasteiger partial charge in [-0.15, -0.1) is 0 Å². The maximum Gasteiger partial charge on any atom is 0.0773 e. The topological polar surface area (TPSA) is 29.5 Å². The maximum atomic E-state index is 9.66. The van der Waals surface area contributed by atoms with E-state index in [1.807, 2.05) is 0 Å². The summed E-state index contributed by atoms with van der Waals surface area (Å²) < 4.78 is 5.48. The fourth-order valence-electron chi connectivity index (χ4n) is 1.92. The Kier molecular flexibility index (Phi) is 13.9. The molecule has 0 saturated carbocycles. The number of hydrogen-bond acceptors (Lipinski definition) is 2. The molecule has 0 bridgehead atoms. The molecule has 0 aromatic rings. The zero-order valence-electron chi connectivity index (χ0n) is 11.9. The van der Waals surface area contributed by atoms with Crippen molar-refractivity contribution in [2.75, 3.05) is 13.2 Å². The lowest BCUT2D eigenvalue weighted by Gasteiger charge is -2.11. The Labute approximate surface area is 108 Å². The van der Waals surface area contributed by atoms with Gasteiger partial charge in [-0.1, -0.05) is 65.2 Å². The van der Waals surface area contributed by atoms with Gasteiger partial charge in [-0.2, -0.15) is 0 Å². The van der Waals surface area contributed by atoms with Gasteiger partial charge >= 0.3 is 0 Å². The summed E-state index contributed by atoms with van der Waals surface area (Å²) in [5.74, 6) is 0. The Morgan fingerprint density at radius 1 is 0.824 bits per heavy atom. The normalized spacial score (nSPS) is 12.9. The average Bonchev–Trinajstić information content (AvgIpc) is 2.33. The fourth-order valence-corrected chi connectivity index (χ4v) is 1.92. The molecule has 0 aromatic heterocycles. The van der Waals surface area contributed by atoms with E-state index in [2.05, 4.69) is 13.8 Å². The summed E-state index contributed by atoms with van der Waals surface area (Å²) in [4.78, 5) is 0. The van der Waals surface area contributed by atoms with E-state index in [0.29, 0.717) is 6.61 Å². The molecule has 0 saturated heterocycles. The van der Waals surface area contributed by atoms with Crippen LogP contribution in [0.25, 0.3) is 0 Å². The van der Waals surface area contributed by atoms with Gasteiger partial charge in [0.1, 0.15) is 0 Å². The summed E-state index contributed by atoms with van der Waals surface area (Å²) in [7, 11) is 0. The summed E-state index contributed by atoms with van der Waals surface area (Å²) in [6.07, 6.45) is 11.9. The van der Waals surface area contributed by atoms with Crippen molar-refractivity contribution in [3.05, 3.63) is 0 Å². The number of aliphatic hydroxyl groups is 1. The predicted octanol–water partition coefficient (Wildman–Crippen LogP) is 4.30. The molecule has 0 amide bonds. The number of rotatable bonds is 13. The highest BCUT2D eigenvalue weighted by molar-refractivity contribution is 4.54. The molecule has 17 heavy (non-hydrogen) atoms. The van der Waals surface area contributed by atoms with E-state index >= 15 is 0 Å². The Morgan fingerprint density at radius 3 is 2.06 bits per heavy atom. The quantitative estimate of drug-likeness (QED) is 0.489. The molecule has 2 heteroatoms. The van der Waals surface area contributed by atoms with Crippen molar-refractivity contribution in [2.45, 2.75) is 84.2 Å². The Hall–Kier alpha value is -0.0800. The molecular formula is C15H32O2. The van der Waals surface area contributed by atoms with Crippen LogP contribution in [0.1, 0.15) is 78.1 Å². The van der Waals surface area contributed by atoms with Crippen molar-refractivity contribution < 1.29 is 9.84 Å². The minimum Gasteiger partial charge on any atom is -0.391 e. The fraction of sp³-hybridized carbons (Fsp3) is 1.00. The van der Waals surface area contributed by atoms with E-state index in [4.69, 9.17) is 4.74 Å². The standard InChI is InChI=1S/C15H32O2/c1-3-5-7-9-11-13-17-14-15(16)12-10-8-6-4-2/h15-16H,3-14H2,1-2H3. The highest BCUT2D eigenvalue weighted by Crippen LogP contribution is 2.06. The van der Waals surface area contributed by atoms with Gasteiger partial charge in [-0.25, -0.2) is 0 Å². The molecule has 0 heterocycles. The molecule has 0 rings (SSSR count). The zero-order chi connectivity index (χ0) is 12.8. The zero-order valence-corrected chi connectivity index (χ0v) is 11.9. The van der Waals surface area contributed by atoms with Crippen LogP contribution in [0.2, 0.25) is 0 Å². The van der Waals surface area contributed by atoms with Crippen LogP contribution >= 0.6 is 0 Å². The number of hydrogen-bond donors (Lipinski definition) is 1. The van der Waals surface area contributed by atoms with Crippen LogP contribution in [0.3, 0.4) is 0 Å². The Bertz CT molecular complexity index is 137. The first kappa shape index (κ1) is 16.9. The third-order valence-corrected chi connectivity index (χ3v) is 3.09. The van der Waals surface area contributed by atoms with Gasteiger partial charge in [0, 0.05) is 6.61 Å². The van der Waals surface area contributed by atoms with Crippen molar-refractivity contribution >= 4 is 0 Å². The largest absolute Gasteiger partial charge is 0.391 e. The average molecular weight is 244 g/mol. The van der Waals surface area contributed by atoms with Crippen LogP contribution in [0.5, 0.6) is 0 Å². The molecule has 0 aliphatic heterocycles. The number of aliphatic hydroxyl groups excluding tert-OH is 1. The molecule has 0 aromatic carbocycles. The van der Waals surface area contributed by atoms with Crippen molar-refractivity contribution in [3.63, 3.8) is 0 Å². The molecule has 0 fully saturated rings. The second kappa shape index (κ2) is 14.0. The van der Waals surface area contributed by atoms with E-state index in [-0.39, 0.29) is 6.10 Å². The van der Waals surface area contributed by atoms with Crippen LogP contribution in [-0.2, 0) is 4.74 Å². The maximum absolute atomic E-state index is 9.66. The first-order chi connectivity index (χ1) is 8.31. The number of ether oxygens (including phenoxy) is 1. The molecule has 0 spiro atoms. The van der Waals surface area contributed by atoms with Gasteiger partial charge in [0.15, 0.2) is 0 Å². The summed E-state index contributed by atoms with van der Waals surface area (Å²) in [5, 5.41) is 9.66. The molecule has 0 aliphatic rings. The van der Waals surface area contributed by atoms with Gasteiger partial charge in [-0.05, 0) is 12.8 Å². The highest BCUT2D eigenvalue weighted by Gasteiger charge is 2.03. The third kappa shape index (κ3) is 13.9. The SMILES string of the molecule is CCCCCCCOCC(O)CCCCCC. The summed E-state index contributed by atoms with van der Waals surface area (Å²) >= 11 is 0. The van der Waals surface area contributed by atoms with Crippen LogP contribution in [-0.4, -0.2) is 24.4 Å². The first-order valence-electron chi connectivity index (χ1n) is 7.57. The van der Waals surface area contributed by atoms with Gasteiger partial charge in [-0.3, -0.25) is 0 Å². The van der Waals surface area contributed by atoms with E-state index < -0.39 is 0 Å². The first-order valence-corrected chi connectivity index (χ1v) is 7.57. The minimum atomic E-state index is -0.248. The van der Waals surface area contributed by atoms with Crippen LogP contribution in [0, 0.1) is 0 Å². The van der Waals surface area contributed by atoms with E-state index in [9.17, 15) is 5.11 Å². The highest BCUT2D eigenvalue weighted by atomic mass is 16.5. The minimum absolute atomic E-state index is 0.248. The van der Waals surface area contributed by atoms with Crippen molar-refractivity contribution in [2.24, 2.45) is 0 Å². The van der Waals surface area contributed by atoms with E-state index in [1.54, 1.807) is 0 Å². The molecule has 1 atom stereocenters. The third-order valence-electron chi connectivity index (χ3n) is 3.09. The summed E-state index contributed by atoms with van der Waals surface area (Å²) in [5.41, 5.74) is 0. The van der Waals surface area contributed by atoms with Gasteiger partial charge in [0.2, 0.25) is 0 Å². The molecule has 1 N–H and O–H groups in total. The second-order valence-corrected chi connectivity index (χ2v) is 4.99. The van der Waals surface area contributed by atoms with Crippen LogP contribution in [0.4, 0.5) is 0 Å². The Balaban J connectivity index is 3.08. The second-order valence-electron chi connectivity index (χ2n) is 4.99. The lowest BCUT2D eigenvalue weighted by molar-refractivity contribution is 0.0298. The molecule has 2 nitrogen and oxygen atoms in total. The molecule has 104 valence electrons. The van der Waals surface area contributed by atoms with Crippen molar-refractivity contribution in [1.29, 1.82) is 0 Å². The Morgan fingerprint density at radius 2 is 1.41 bits per heavy atom. The molecule has 1 unspecified atom stereocenters. The van der Waals surface area contributed by atoms with Gasteiger partial charge in [0.05, 0.1) is 12.7 Å². The monoisotopic (exact) mass is 244 g/mol. The number of unbranched alkanes of at least 4 members (excludes halogenated alkanes) is 7. The van der Waals surface area contributed by atoms with E-state index in [1.165, 1.54) is 44.9 Å². The van der Waals surface area contributed by atoms with E-state index in [0.717, 1.165) is 25.9 Å². The molecule has 0 aliphatic carbocycles. The predicted molar refractivity (Wildman–Crippen MR) is 74.3 cm³/mol. The van der Waals surface area contributed by atoms with Gasteiger partial charge in [0.25, 0.3) is 0 Å². The van der Waals surface area contributed by atoms with Crippen LogP contribution in [0.15, 0.2) is 0 Å². The van der Waals surface area contributed by atoms with Crippen molar-refractivity contribution in [3.8, 4) is 0 Å². The summed E-state index contributed by atoms with van der Waals surface area (Å²) in [6, 6.07) is 0. The lowest BCUT2D eigenvalue weighted by Crippen LogP contribution is -2.15. The van der Waals surface area contributed by atoms with Crippen LogP contribution < -0.4 is 0 Å². The summed E-state index contributed by atoms with van der Waals surface area (Å²) in [6.45, 7) is 5.78. The molecule has 0 radical (unpaired) electrons. The smallest absolute Gasteiger partial charge is 0.0773 e. The van der Waals surface area contributed by atoms with Gasteiger partial charge < -0.3 is 9.84 Å². The van der Waals surface area contributed by atoms with Crippen molar-refractivity contribution in [1.82, 2.24) is 0 Å². The molecular weight excluding hydrogens is 212 g/mol.